The molecule has 0 aromatic heterocycles. The molecule has 5 nitrogen and oxygen atoms in total. The number of hydrazone groups is 1. The van der Waals surface area contributed by atoms with Gasteiger partial charge in [-0.25, -0.2) is 5.01 Å². The molecular formula is C21H26N4OS. The molecule has 27 heavy (non-hydrogen) atoms. The zero-order valence-corrected chi connectivity index (χ0v) is 16.8. The van der Waals surface area contributed by atoms with E-state index in [1.54, 1.807) is 11.8 Å². The van der Waals surface area contributed by atoms with Crippen LogP contribution in [-0.4, -0.2) is 38.9 Å². The van der Waals surface area contributed by atoms with E-state index in [9.17, 15) is 4.79 Å². The lowest BCUT2D eigenvalue weighted by Crippen LogP contribution is -2.44. The maximum atomic E-state index is 13.3. The number of carbonyl (C=O) groups excluding carboxylic acids is 1. The molecule has 1 aromatic rings. The zero-order valence-electron chi connectivity index (χ0n) is 16.0. The molecule has 3 aliphatic heterocycles. The second-order valence-corrected chi connectivity index (χ2v) is 8.45. The molecule has 3 heterocycles. The van der Waals surface area contributed by atoms with Gasteiger partial charge in [-0.05, 0) is 44.7 Å². The first-order valence-electron chi connectivity index (χ1n) is 9.66. The van der Waals surface area contributed by atoms with Gasteiger partial charge in [-0.1, -0.05) is 43.5 Å². The maximum Gasteiger partial charge on any atom is 0.255 e. The molecular weight excluding hydrogens is 356 g/mol. The number of para-hydroxylation sites is 1. The molecule has 0 saturated carbocycles. The van der Waals surface area contributed by atoms with E-state index in [1.165, 1.54) is 6.42 Å². The molecule has 1 saturated heterocycles. The van der Waals surface area contributed by atoms with Crippen LogP contribution in [0.5, 0.6) is 0 Å². The lowest BCUT2D eigenvalue weighted by Gasteiger charge is -2.36. The van der Waals surface area contributed by atoms with Gasteiger partial charge in [0, 0.05) is 24.5 Å². The number of rotatable bonds is 4. The van der Waals surface area contributed by atoms with Gasteiger partial charge >= 0.3 is 0 Å². The highest BCUT2D eigenvalue weighted by Crippen LogP contribution is 2.42. The number of benzene rings is 1. The van der Waals surface area contributed by atoms with Gasteiger partial charge in [0.1, 0.15) is 0 Å². The van der Waals surface area contributed by atoms with Crippen molar-refractivity contribution >= 4 is 28.4 Å². The van der Waals surface area contributed by atoms with Crippen molar-refractivity contribution in [2.45, 2.75) is 51.1 Å². The second-order valence-electron chi connectivity index (χ2n) is 7.20. The summed E-state index contributed by atoms with van der Waals surface area (Å²) in [6.45, 7) is 9.18. The fourth-order valence-corrected chi connectivity index (χ4v) is 5.02. The molecule has 6 heteroatoms. The highest BCUT2D eigenvalue weighted by molar-refractivity contribution is 8.14. The van der Waals surface area contributed by atoms with E-state index in [0.717, 1.165) is 42.2 Å². The highest BCUT2D eigenvalue weighted by atomic mass is 32.2. The normalized spacial score (nSPS) is 24.6. The molecule has 0 aliphatic carbocycles. The van der Waals surface area contributed by atoms with E-state index in [1.807, 2.05) is 41.2 Å². The number of fused-ring (bicyclic) bond motifs is 1. The molecule has 0 bridgehead atoms. The Morgan fingerprint density at radius 2 is 2.07 bits per heavy atom. The summed E-state index contributed by atoms with van der Waals surface area (Å²) < 4.78 is 0. The van der Waals surface area contributed by atoms with E-state index in [2.05, 4.69) is 35.6 Å². The van der Waals surface area contributed by atoms with Crippen molar-refractivity contribution in [3.05, 3.63) is 54.4 Å². The number of likely N-dealkylation sites (tertiary alicyclic amines) is 1. The third-order valence-corrected chi connectivity index (χ3v) is 6.52. The van der Waals surface area contributed by atoms with Crippen LogP contribution in [0.25, 0.3) is 0 Å². The first kappa shape index (κ1) is 18.2. The highest BCUT2D eigenvalue weighted by Gasteiger charge is 2.41. The van der Waals surface area contributed by atoms with Crippen LogP contribution in [0.3, 0.4) is 0 Å². The minimum Gasteiger partial charge on any atom is -0.336 e. The Morgan fingerprint density at radius 1 is 1.30 bits per heavy atom. The molecule has 0 radical (unpaired) electrons. The summed E-state index contributed by atoms with van der Waals surface area (Å²) in [5, 5.41) is 7.61. The predicted molar refractivity (Wildman–Crippen MR) is 112 cm³/mol. The molecule has 1 fully saturated rings. The fraction of sp³-hybridized carbons (Fsp3) is 0.429. The number of carbonyl (C=O) groups is 1. The summed E-state index contributed by atoms with van der Waals surface area (Å²) in [5.74, 6) is 0.0474. The summed E-state index contributed by atoms with van der Waals surface area (Å²) >= 11 is 1.70. The van der Waals surface area contributed by atoms with Gasteiger partial charge in [0.25, 0.3) is 5.91 Å². The van der Waals surface area contributed by atoms with Crippen LogP contribution in [0, 0.1) is 0 Å². The van der Waals surface area contributed by atoms with Crippen molar-refractivity contribution in [1.29, 1.82) is 0 Å². The first-order chi connectivity index (χ1) is 13.1. The van der Waals surface area contributed by atoms with Crippen LogP contribution >= 0.6 is 11.8 Å². The number of hydrogen-bond donors (Lipinski definition) is 0. The number of thioether (sulfide) groups is 1. The van der Waals surface area contributed by atoms with Gasteiger partial charge < -0.3 is 9.80 Å². The average molecular weight is 383 g/mol. The second kappa shape index (κ2) is 7.43. The molecule has 0 spiro atoms. The minimum absolute atomic E-state index is 0.00952. The van der Waals surface area contributed by atoms with Crippen LogP contribution in [0.2, 0.25) is 0 Å². The monoisotopic (exact) mass is 382 g/mol. The van der Waals surface area contributed by atoms with Gasteiger partial charge in [-0.3, -0.25) is 4.79 Å². The van der Waals surface area contributed by atoms with E-state index < -0.39 is 0 Å². The van der Waals surface area contributed by atoms with E-state index >= 15 is 0 Å². The van der Waals surface area contributed by atoms with Gasteiger partial charge in [0.05, 0.1) is 16.3 Å². The number of anilines is 1. The topological polar surface area (TPSA) is 39.2 Å². The van der Waals surface area contributed by atoms with Crippen LogP contribution in [0.1, 0.15) is 39.5 Å². The van der Waals surface area contributed by atoms with Crippen LogP contribution in [0.15, 0.2) is 59.5 Å². The van der Waals surface area contributed by atoms with Crippen LogP contribution < -0.4 is 4.90 Å². The molecule has 1 aromatic carbocycles. The van der Waals surface area contributed by atoms with Gasteiger partial charge in [-0.2, -0.15) is 5.10 Å². The maximum absolute atomic E-state index is 13.3. The average Bonchev–Trinajstić information content (AvgIpc) is 3.24. The lowest BCUT2D eigenvalue weighted by molar-refractivity contribution is -0.130. The SMILES string of the molecule is C=C(C(=O)N1CCCCC1CC)C1=CN(c2ccccc2)C2SC(C)=NN12. The minimum atomic E-state index is 0.00952. The number of amides is 1. The fourth-order valence-electron chi connectivity index (χ4n) is 4.02. The molecule has 4 rings (SSSR count). The van der Waals surface area contributed by atoms with Crippen molar-refractivity contribution in [2.75, 3.05) is 11.4 Å². The number of hydrogen-bond acceptors (Lipinski definition) is 5. The van der Waals surface area contributed by atoms with Crippen molar-refractivity contribution in [1.82, 2.24) is 9.91 Å². The summed E-state index contributed by atoms with van der Waals surface area (Å²) in [4.78, 5) is 17.4. The third kappa shape index (κ3) is 3.27. The molecule has 142 valence electrons. The molecule has 0 N–H and O–H groups in total. The first-order valence-corrected chi connectivity index (χ1v) is 10.5. The zero-order chi connectivity index (χ0) is 19.0. The molecule has 2 atom stereocenters. The van der Waals surface area contributed by atoms with Gasteiger partial charge in [0.15, 0.2) is 5.50 Å². The number of nitrogens with zero attached hydrogens (tertiary/aromatic N) is 4. The molecule has 2 unspecified atom stereocenters. The Balaban J connectivity index is 1.62. The Kier molecular flexibility index (Phi) is 5.00. The standard InChI is InChI=1S/C21H26N4OS/c1-4-17-10-8-9-13-23(17)20(26)15(2)19-14-24(18-11-6-5-7-12-18)21-25(19)22-16(3)27-21/h5-7,11-12,14,17,21H,2,4,8-10,13H2,1,3H3. The summed E-state index contributed by atoms with van der Waals surface area (Å²) in [6.07, 6.45) is 6.38. The Hall–Kier alpha value is -2.21. The van der Waals surface area contributed by atoms with Crippen molar-refractivity contribution in [3.63, 3.8) is 0 Å². The number of piperidine rings is 1. The summed E-state index contributed by atoms with van der Waals surface area (Å²) in [7, 11) is 0. The predicted octanol–water partition coefficient (Wildman–Crippen LogP) is 4.36. The van der Waals surface area contributed by atoms with Gasteiger partial charge in [0.2, 0.25) is 0 Å². The van der Waals surface area contributed by atoms with Crippen LogP contribution in [-0.2, 0) is 4.79 Å². The summed E-state index contributed by atoms with van der Waals surface area (Å²) in [5.41, 5.74) is 2.44. The van der Waals surface area contributed by atoms with Gasteiger partial charge in [-0.15, -0.1) is 0 Å². The van der Waals surface area contributed by atoms with E-state index in [4.69, 9.17) is 0 Å². The van der Waals surface area contributed by atoms with E-state index in [0.29, 0.717) is 11.6 Å². The summed E-state index contributed by atoms with van der Waals surface area (Å²) in [6, 6.07) is 10.5. The van der Waals surface area contributed by atoms with E-state index in [-0.39, 0.29) is 11.4 Å². The van der Waals surface area contributed by atoms with Crippen molar-refractivity contribution in [2.24, 2.45) is 5.10 Å². The van der Waals surface area contributed by atoms with Crippen molar-refractivity contribution in [3.8, 4) is 0 Å². The lowest BCUT2D eigenvalue weighted by atomic mass is 9.98. The van der Waals surface area contributed by atoms with Crippen LogP contribution in [0.4, 0.5) is 5.69 Å². The molecule has 3 aliphatic rings. The quantitative estimate of drug-likeness (QED) is 0.725. The Labute approximate surface area is 165 Å². The smallest absolute Gasteiger partial charge is 0.255 e. The Morgan fingerprint density at radius 3 is 2.81 bits per heavy atom. The Bertz CT molecular complexity index is 804. The third-order valence-electron chi connectivity index (χ3n) is 5.46. The van der Waals surface area contributed by atoms with Crippen molar-refractivity contribution < 1.29 is 4.79 Å². The largest absolute Gasteiger partial charge is 0.336 e. The molecule has 1 amide bonds.